The van der Waals surface area contributed by atoms with Gasteiger partial charge in [0.2, 0.25) is 6.29 Å². The van der Waals surface area contributed by atoms with Crippen molar-refractivity contribution >= 4 is 29.4 Å². The molecule has 0 bridgehead atoms. The highest BCUT2D eigenvalue weighted by atomic mass is 35.5. The largest absolute Gasteiger partial charge is 0.431 e. The summed E-state index contributed by atoms with van der Waals surface area (Å²) in [7, 11) is 1.05. The summed E-state index contributed by atoms with van der Waals surface area (Å²) in [6.07, 6.45) is -5.97. The summed E-state index contributed by atoms with van der Waals surface area (Å²) in [6, 6.07) is 10.8. The van der Waals surface area contributed by atoms with Crippen molar-refractivity contribution < 1.29 is 37.0 Å². The van der Waals surface area contributed by atoms with E-state index in [0.717, 1.165) is 20.0 Å². The fourth-order valence-corrected chi connectivity index (χ4v) is 4.64. The molecule has 218 valence electrons. The van der Waals surface area contributed by atoms with E-state index in [1.807, 2.05) is 0 Å². The highest BCUT2D eigenvalue weighted by molar-refractivity contribution is 6.34. The van der Waals surface area contributed by atoms with E-state index in [0.29, 0.717) is 21.3 Å². The monoisotopic (exact) mass is 592 g/mol. The second kappa shape index (κ2) is 12.6. The molecule has 0 aliphatic rings. The van der Waals surface area contributed by atoms with Crippen LogP contribution in [0.5, 0.6) is 0 Å². The van der Waals surface area contributed by atoms with Crippen molar-refractivity contribution in [3.05, 3.63) is 91.9 Å². The maximum Gasteiger partial charge on any atom is 0.431 e. The molecule has 1 aromatic heterocycles. The van der Waals surface area contributed by atoms with Crippen LogP contribution >= 0.6 is 11.6 Å². The number of nitrogens with zero attached hydrogens (tertiary/aromatic N) is 1. The maximum atomic E-state index is 13.3. The summed E-state index contributed by atoms with van der Waals surface area (Å²) in [5.41, 5.74) is 0.0317. The van der Waals surface area contributed by atoms with Gasteiger partial charge >= 0.3 is 18.1 Å². The SMILES string of the molecule is CC(=O)OC(C)OC(=O)C(Cc1ccc(-c2c(C)cc(C(F)(F)F)n(C)c2=O)cc1)NC(=O)c1c(C)cccc1Cl. The van der Waals surface area contributed by atoms with Crippen molar-refractivity contribution in [1.29, 1.82) is 0 Å². The molecule has 0 saturated heterocycles. The van der Waals surface area contributed by atoms with Crippen molar-refractivity contribution in [2.75, 3.05) is 0 Å². The predicted molar refractivity (Wildman–Crippen MR) is 145 cm³/mol. The van der Waals surface area contributed by atoms with Crippen LogP contribution in [0.3, 0.4) is 0 Å². The van der Waals surface area contributed by atoms with Crippen LogP contribution < -0.4 is 10.9 Å². The summed E-state index contributed by atoms with van der Waals surface area (Å²) >= 11 is 6.21. The van der Waals surface area contributed by atoms with E-state index < -0.39 is 47.6 Å². The Morgan fingerprint density at radius 2 is 1.66 bits per heavy atom. The Kier molecular flexibility index (Phi) is 9.65. The van der Waals surface area contributed by atoms with Gasteiger partial charge in [0.15, 0.2) is 0 Å². The number of aromatic nitrogens is 1. The molecular weight excluding hydrogens is 565 g/mol. The van der Waals surface area contributed by atoms with Gasteiger partial charge in [-0.15, -0.1) is 0 Å². The fraction of sp³-hybridized carbons (Fsp3) is 0.310. The van der Waals surface area contributed by atoms with Gasteiger partial charge in [-0.05, 0) is 48.2 Å². The molecule has 0 fully saturated rings. The fourth-order valence-electron chi connectivity index (χ4n) is 4.33. The molecule has 0 aliphatic carbocycles. The Balaban J connectivity index is 1.92. The molecule has 0 saturated carbocycles. The first kappa shape index (κ1) is 31.4. The Morgan fingerprint density at radius 1 is 1.02 bits per heavy atom. The van der Waals surface area contributed by atoms with E-state index in [-0.39, 0.29) is 28.1 Å². The van der Waals surface area contributed by atoms with E-state index in [4.69, 9.17) is 21.1 Å². The highest BCUT2D eigenvalue weighted by Gasteiger charge is 2.35. The van der Waals surface area contributed by atoms with Crippen LogP contribution in [0.15, 0.2) is 53.3 Å². The lowest BCUT2D eigenvalue weighted by Gasteiger charge is -2.21. The number of nitrogens with one attached hydrogen (secondary N) is 1. The van der Waals surface area contributed by atoms with Crippen LogP contribution in [0.2, 0.25) is 5.02 Å². The number of alkyl halides is 3. The zero-order valence-corrected chi connectivity index (χ0v) is 23.6. The molecule has 1 heterocycles. The molecule has 2 atom stereocenters. The summed E-state index contributed by atoms with van der Waals surface area (Å²) in [4.78, 5) is 50.1. The quantitative estimate of drug-likeness (QED) is 0.287. The predicted octanol–water partition coefficient (Wildman–Crippen LogP) is 5.13. The highest BCUT2D eigenvalue weighted by Crippen LogP contribution is 2.31. The van der Waals surface area contributed by atoms with Gasteiger partial charge in [-0.2, -0.15) is 13.2 Å². The van der Waals surface area contributed by atoms with Gasteiger partial charge < -0.3 is 19.4 Å². The van der Waals surface area contributed by atoms with Crippen LogP contribution in [-0.4, -0.2) is 34.7 Å². The lowest BCUT2D eigenvalue weighted by atomic mass is 9.98. The molecule has 0 spiro atoms. The van der Waals surface area contributed by atoms with Gasteiger partial charge in [0.05, 0.1) is 16.1 Å². The topological polar surface area (TPSA) is 104 Å². The van der Waals surface area contributed by atoms with Crippen LogP contribution in [0.25, 0.3) is 11.1 Å². The summed E-state index contributed by atoms with van der Waals surface area (Å²) < 4.78 is 50.5. The van der Waals surface area contributed by atoms with Gasteiger partial charge in [0, 0.05) is 27.3 Å². The number of carbonyl (C=O) groups is 3. The van der Waals surface area contributed by atoms with E-state index in [1.165, 1.54) is 32.0 Å². The molecular formula is C29H28ClF3N2O6. The van der Waals surface area contributed by atoms with E-state index >= 15 is 0 Å². The van der Waals surface area contributed by atoms with E-state index in [1.54, 1.807) is 31.2 Å². The molecule has 3 rings (SSSR count). The number of amides is 1. The molecule has 41 heavy (non-hydrogen) atoms. The van der Waals surface area contributed by atoms with E-state index in [2.05, 4.69) is 5.32 Å². The molecule has 12 heteroatoms. The standard InChI is InChI=1S/C29H28ClF3N2O6/c1-15-7-6-8-21(30)25(15)26(37)34-22(28(39)41-18(4)40-17(3)36)14-19-9-11-20(12-10-19)24-16(2)13-23(29(31,32)33)35(5)27(24)38/h6-13,18,22H,14H2,1-5H3,(H,34,37). The van der Waals surface area contributed by atoms with Gasteiger partial charge in [-0.3, -0.25) is 14.4 Å². The molecule has 8 nitrogen and oxygen atoms in total. The van der Waals surface area contributed by atoms with Crippen LogP contribution in [0.4, 0.5) is 13.2 Å². The second-order valence-electron chi connectivity index (χ2n) is 9.42. The number of benzene rings is 2. The number of pyridine rings is 1. The first-order valence-corrected chi connectivity index (χ1v) is 12.8. The molecule has 1 amide bonds. The van der Waals surface area contributed by atoms with Gasteiger partial charge in [-0.1, -0.05) is 48.0 Å². The van der Waals surface area contributed by atoms with Gasteiger partial charge in [-0.25, -0.2) is 4.79 Å². The molecule has 0 aliphatic heterocycles. The van der Waals surface area contributed by atoms with Gasteiger partial charge in [0.25, 0.3) is 11.5 Å². The van der Waals surface area contributed by atoms with Crippen LogP contribution in [0, 0.1) is 13.8 Å². The molecule has 0 radical (unpaired) electrons. The third-order valence-corrected chi connectivity index (χ3v) is 6.57. The minimum Gasteiger partial charge on any atom is -0.426 e. The number of carbonyl (C=O) groups excluding carboxylic acids is 3. The number of rotatable bonds is 8. The average Bonchev–Trinajstić information content (AvgIpc) is 2.85. The van der Waals surface area contributed by atoms with Crippen molar-refractivity contribution in [1.82, 2.24) is 9.88 Å². The van der Waals surface area contributed by atoms with Gasteiger partial charge in [0.1, 0.15) is 11.7 Å². The summed E-state index contributed by atoms with van der Waals surface area (Å²) in [5.74, 6) is -2.18. The number of hydrogen-bond acceptors (Lipinski definition) is 6. The van der Waals surface area contributed by atoms with Crippen LogP contribution in [0.1, 0.15) is 46.6 Å². The van der Waals surface area contributed by atoms with Crippen molar-refractivity contribution in [2.45, 2.75) is 52.6 Å². The van der Waals surface area contributed by atoms with Crippen molar-refractivity contribution in [3.63, 3.8) is 0 Å². The molecule has 3 aromatic rings. The number of hydrogen-bond donors (Lipinski definition) is 1. The first-order valence-electron chi connectivity index (χ1n) is 12.4. The van der Waals surface area contributed by atoms with Crippen molar-refractivity contribution in [3.8, 4) is 11.1 Å². The lowest BCUT2D eigenvalue weighted by Crippen LogP contribution is -2.44. The summed E-state index contributed by atoms with van der Waals surface area (Å²) in [5, 5.41) is 2.80. The normalized spacial score (nSPS) is 12.8. The molecule has 2 unspecified atom stereocenters. The second-order valence-corrected chi connectivity index (χ2v) is 9.83. The molecule has 2 aromatic carbocycles. The van der Waals surface area contributed by atoms with E-state index in [9.17, 15) is 32.3 Å². The van der Waals surface area contributed by atoms with Crippen molar-refractivity contribution in [2.24, 2.45) is 7.05 Å². The lowest BCUT2D eigenvalue weighted by molar-refractivity contribution is -0.184. The Morgan fingerprint density at radius 3 is 2.22 bits per heavy atom. The Bertz CT molecular complexity index is 1510. The minimum atomic E-state index is -4.69. The number of halogens is 4. The number of aryl methyl sites for hydroxylation is 2. The summed E-state index contributed by atoms with van der Waals surface area (Å²) in [6.45, 7) is 5.60. The maximum absolute atomic E-state index is 13.3. The Labute approximate surface area is 239 Å². The molecule has 1 N–H and O–H groups in total. The third-order valence-electron chi connectivity index (χ3n) is 6.25. The number of esters is 2. The average molecular weight is 593 g/mol. The Hall–Kier alpha value is -4.12. The zero-order valence-electron chi connectivity index (χ0n) is 22.9. The number of ether oxygens (including phenoxy) is 2. The third kappa shape index (κ3) is 7.55. The minimum absolute atomic E-state index is 0.0643. The zero-order chi connectivity index (χ0) is 30.6. The van der Waals surface area contributed by atoms with Crippen LogP contribution in [-0.2, 0) is 38.7 Å². The first-order chi connectivity index (χ1) is 19.1. The smallest absolute Gasteiger partial charge is 0.426 e.